The van der Waals surface area contributed by atoms with Gasteiger partial charge in [-0.2, -0.15) is 5.01 Å². The second-order valence-electron chi connectivity index (χ2n) is 3.10. The van der Waals surface area contributed by atoms with E-state index >= 15 is 0 Å². The Balaban J connectivity index is 2.28. The van der Waals surface area contributed by atoms with Gasteiger partial charge in [0.1, 0.15) is 0 Å². The molecule has 1 heterocycles. The van der Waals surface area contributed by atoms with E-state index < -0.39 is 11.4 Å². The van der Waals surface area contributed by atoms with Gasteiger partial charge in [0.25, 0.3) is 0 Å². The van der Waals surface area contributed by atoms with Crippen molar-refractivity contribution in [2.45, 2.75) is 0 Å². The quantitative estimate of drug-likeness (QED) is 0.556. The third kappa shape index (κ3) is 1.73. The van der Waals surface area contributed by atoms with Crippen molar-refractivity contribution < 1.29 is 9.59 Å². The van der Waals surface area contributed by atoms with Gasteiger partial charge in [-0.25, -0.2) is 4.79 Å². The molecule has 0 bridgehead atoms. The summed E-state index contributed by atoms with van der Waals surface area (Å²) in [5.41, 5.74) is 0.536. The van der Waals surface area contributed by atoms with Gasteiger partial charge in [0, 0.05) is 5.69 Å². The largest absolute Gasteiger partial charge is 0.765 e. The molecule has 0 saturated carbocycles. The van der Waals surface area contributed by atoms with Crippen LogP contribution in [0.5, 0.6) is 0 Å². The van der Waals surface area contributed by atoms with Gasteiger partial charge in [-0.1, -0.05) is 18.2 Å². The van der Waals surface area contributed by atoms with Crippen molar-refractivity contribution in [2.75, 3.05) is 11.6 Å². The van der Waals surface area contributed by atoms with E-state index in [4.69, 9.17) is 11.6 Å². The summed E-state index contributed by atoms with van der Waals surface area (Å²) >= 11 is 5.12. The monoisotopic (exact) mass is 240 g/mol. The van der Waals surface area contributed by atoms with Crippen LogP contribution in [0.2, 0.25) is 0 Å². The van der Waals surface area contributed by atoms with E-state index in [1.807, 2.05) is 0 Å². The number of nitrogens with zero attached hydrogens (tertiary/aromatic N) is 3. The molecule has 2 rings (SSSR count). The normalized spacial score (nSPS) is 17.0. The molecule has 0 aromatic heterocycles. The van der Waals surface area contributed by atoms with Crippen LogP contribution in [0.3, 0.4) is 0 Å². The average molecular weight is 241 g/mol. The van der Waals surface area contributed by atoms with Crippen LogP contribution in [0.1, 0.15) is 0 Å². The van der Waals surface area contributed by atoms with Gasteiger partial charge in [0.2, 0.25) is 0 Å². The van der Waals surface area contributed by atoms with Gasteiger partial charge in [-0.3, -0.25) is 14.9 Å². The fourth-order valence-electron chi connectivity index (χ4n) is 1.42. The molecule has 0 N–H and O–H groups in total. The van der Waals surface area contributed by atoms with Gasteiger partial charge < -0.3 is 5.21 Å². The highest BCUT2D eigenvalue weighted by atomic mass is 35.5. The van der Waals surface area contributed by atoms with Gasteiger partial charge >= 0.3 is 11.4 Å². The molecular weight excluding hydrogens is 234 g/mol. The number of anilines is 1. The number of amides is 3. The maximum Gasteiger partial charge on any atom is 0.347 e. The molecule has 0 atom stereocenters. The van der Waals surface area contributed by atoms with E-state index in [0.29, 0.717) is 10.7 Å². The Bertz CT molecular complexity index is 425. The minimum atomic E-state index is -1.11. The number of carbonyl (C=O) groups excluding carboxylic acids is 2. The summed E-state index contributed by atoms with van der Waals surface area (Å²) in [6.45, 7) is -0.249. The van der Waals surface area contributed by atoms with Crippen molar-refractivity contribution in [1.29, 1.82) is 0 Å². The Labute approximate surface area is 96.1 Å². The molecule has 16 heavy (non-hydrogen) atoms. The number of hydroxylamine groups is 1. The predicted octanol–water partition coefficient (Wildman–Crippen LogP) is 1.96. The Morgan fingerprint density at radius 3 is 2.44 bits per heavy atom. The summed E-state index contributed by atoms with van der Waals surface area (Å²) in [6, 6.07) is 7.80. The van der Waals surface area contributed by atoms with Crippen molar-refractivity contribution in [2.24, 2.45) is 0 Å². The molecule has 1 fully saturated rings. The van der Waals surface area contributed by atoms with Crippen LogP contribution < -0.4 is 4.90 Å². The van der Waals surface area contributed by atoms with Crippen LogP contribution in [-0.2, 0) is 0 Å². The number of para-hydroxylation sites is 1. The first-order valence-corrected chi connectivity index (χ1v) is 4.80. The molecule has 1 aliphatic rings. The maximum absolute atomic E-state index is 11.7. The summed E-state index contributed by atoms with van der Waals surface area (Å²) in [5.74, 6) is 0. The molecule has 7 heteroatoms. The molecule has 84 valence electrons. The van der Waals surface area contributed by atoms with Crippen molar-refractivity contribution in [3.8, 4) is 0 Å². The number of imide groups is 1. The third-order valence-corrected chi connectivity index (χ3v) is 2.29. The summed E-state index contributed by atoms with van der Waals surface area (Å²) < 4.78 is 0. The number of halogens is 1. The minimum Gasteiger partial charge on any atom is -0.765 e. The number of carbonyl (C=O) groups is 2. The highest BCUT2D eigenvalue weighted by Crippen LogP contribution is 2.22. The fourth-order valence-corrected chi connectivity index (χ4v) is 1.57. The van der Waals surface area contributed by atoms with E-state index in [9.17, 15) is 14.8 Å². The first-order chi connectivity index (χ1) is 7.61. The van der Waals surface area contributed by atoms with E-state index in [-0.39, 0.29) is 11.8 Å². The first-order valence-electron chi connectivity index (χ1n) is 4.42. The van der Waals surface area contributed by atoms with Crippen LogP contribution in [0.4, 0.5) is 15.3 Å². The number of hydrogen-bond acceptors (Lipinski definition) is 4. The topological polar surface area (TPSA) is 66.9 Å². The fraction of sp³-hybridized carbons (Fsp3) is 0.111. The van der Waals surface area contributed by atoms with Crippen LogP contribution in [-0.4, -0.2) is 28.2 Å². The molecule has 0 unspecified atom stereocenters. The lowest BCUT2D eigenvalue weighted by atomic mass is 10.3. The SMILES string of the molecule is O=C(Cl)N1C(=O)N(c2ccccc2)CN1[O-]. The number of hydrogen-bond donors (Lipinski definition) is 0. The molecular formula is C9H7ClN3O3-. The second kappa shape index (κ2) is 4.09. The highest BCUT2D eigenvalue weighted by molar-refractivity contribution is 6.64. The minimum absolute atomic E-state index is 0.213. The first kappa shape index (κ1) is 10.9. The van der Waals surface area contributed by atoms with Gasteiger partial charge in [0.15, 0.2) is 0 Å². The Kier molecular flexibility index (Phi) is 2.78. The van der Waals surface area contributed by atoms with Crippen LogP contribution in [0.25, 0.3) is 0 Å². The van der Waals surface area contributed by atoms with Crippen LogP contribution in [0.15, 0.2) is 30.3 Å². The van der Waals surface area contributed by atoms with E-state index in [1.165, 1.54) is 0 Å². The number of urea groups is 1. The maximum atomic E-state index is 11.7. The second-order valence-corrected chi connectivity index (χ2v) is 3.43. The van der Waals surface area contributed by atoms with Gasteiger partial charge in [0.05, 0.1) is 6.67 Å². The van der Waals surface area contributed by atoms with Crippen LogP contribution in [0, 0.1) is 5.21 Å². The predicted molar refractivity (Wildman–Crippen MR) is 57.5 cm³/mol. The number of hydrazine groups is 1. The van der Waals surface area contributed by atoms with Crippen LogP contribution >= 0.6 is 11.6 Å². The third-order valence-electron chi connectivity index (χ3n) is 2.13. The van der Waals surface area contributed by atoms with Gasteiger partial charge in [-0.15, -0.1) is 0 Å². The Morgan fingerprint density at radius 1 is 1.31 bits per heavy atom. The Morgan fingerprint density at radius 2 is 1.94 bits per heavy atom. The lowest BCUT2D eigenvalue weighted by molar-refractivity contribution is 0.137. The van der Waals surface area contributed by atoms with Gasteiger partial charge in [-0.05, 0) is 23.7 Å². The summed E-state index contributed by atoms with van der Waals surface area (Å²) in [4.78, 5) is 23.7. The zero-order chi connectivity index (χ0) is 11.7. The molecule has 3 amide bonds. The lowest BCUT2D eigenvalue weighted by Gasteiger charge is -2.26. The summed E-state index contributed by atoms with van der Waals surface area (Å²) in [7, 11) is 0. The molecule has 1 aromatic carbocycles. The average Bonchev–Trinajstić information content (AvgIpc) is 2.55. The molecule has 1 aromatic rings. The molecule has 6 nitrogen and oxygen atoms in total. The van der Waals surface area contributed by atoms with Crippen molar-refractivity contribution >= 4 is 28.7 Å². The van der Waals surface area contributed by atoms with Crippen molar-refractivity contribution in [3.63, 3.8) is 0 Å². The Hall–Kier alpha value is -1.63. The van der Waals surface area contributed by atoms with Crippen molar-refractivity contribution in [3.05, 3.63) is 35.5 Å². The van der Waals surface area contributed by atoms with E-state index in [1.54, 1.807) is 30.3 Å². The number of rotatable bonds is 1. The molecule has 1 aliphatic heterocycles. The lowest BCUT2D eigenvalue weighted by Crippen LogP contribution is -2.37. The smallest absolute Gasteiger partial charge is 0.347 e. The molecule has 1 saturated heterocycles. The highest BCUT2D eigenvalue weighted by Gasteiger charge is 2.35. The zero-order valence-electron chi connectivity index (χ0n) is 8.04. The zero-order valence-corrected chi connectivity index (χ0v) is 8.79. The van der Waals surface area contributed by atoms with E-state index in [2.05, 4.69) is 0 Å². The van der Waals surface area contributed by atoms with Crippen molar-refractivity contribution in [1.82, 2.24) is 10.2 Å². The number of benzene rings is 1. The standard InChI is InChI=1S/C9H7ClN3O3/c10-8(14)13-9(15)11(6-12(13)16)7-4-2-1-3-5-7/h1-5H,6H2/q-1. The molecule has 0 spiro atoms. The molecule has 0 radical (unpaired) electrons. The molecule has 0 aliphatic carbocycles. The van der Waals surface area contributed by atoms with E-state index in [0.717, 1.165) is 4.90 Å². The summed E-state index contributed by atoms with van der Waals surface area (Å²) in [5, 5.41) is 10.7. The summed E-state index contributed by atoms with van der Waals surface area (Å²) in [6.07, 6.45) is 0.